The largest absolute Gasteiger partial charge is 0.231 e. The molecule has 0 saturated carbocycles. The smallest absolute Gasteiger partial charge is 0.109 e. The summed E-state index contributed by atoms with van der Waals surface area (Å²) in [4.78, 5) is 0. The van der Waals surface area contributed by atoms with Gasteiger partial charge in [-0.2, -0.15) is 0 Å². The highest BCUT2D eigenvalue weighted by molar-refractivity contribution is 9.11. The van der Waals surface area contributed by atoms with Gasteiger partial charge in [-0.3, -0.25) is 0 Å². The Morgan fingerprint density at radius 2 is 1.70 bits per heavy atom. The third-order valence-electron chi connectivity index (χ3n) is 1.21. The predicted octanol–water partition coefficient (Wildman–Crippen LogP) is 3.14. The molecule has 0 atom stereocenters. The fourth-order valence-corrected chi connectivity index (χ4v) is 1.90. The summed E-state index contributed by atoms with van der Waals surface area (Å²) in [6, 6.07) is 5.60. The minimum absolute atomic E-state index is 0.192. The molecule has 0 bridgehead atoms. The van der Waals surface area contributed by atoms with E-state index in [1.807, 2.05) is 18.2 Å². The molecule has 0 aromatic heterocycles. The Balaban J connectivity index is 3.17. The second-order valence-corrected chi connectivity index (χ2v) is 3.55. The van der Waals surface area contributed by atoms with E-state index < -0.39 is 0 Å². The second kappa shape index (κ2) is 3.51. The lowest BCUT2D eigenvalue weighted by atomic mass is 10.2. The Morgan fingerprint density at radius 3 is 2.00 bits per heavy atom. The van der Waals surface area contributed by atoms with Crippen molar-refractivity contribution in [2.24, 2.45) is 0 Å². The number of rotatable bonds is 1. The Bertz CT molecular complexity index is 215. The van der Waals surface area contributed by atoms with Gasteiger partial charge in [-0.05, 0) is 12.1 Å². The summed E-state index contributed by atoms with van der Waals surface area (Å²) in [5.74, 6) is 0. The molecule has 53 valence electrons. The van der Waals surface area contributed by atoms with Crippen molar-refractivity contribution in [2.75, 3.05) is 0 Å². The monoisotopic (exact) mass is 263 g/mol. The fourth-order valence-electron chi connectivity index (χ4n) is 0.670. The van der Waals surface area contributed by atoms with Crippen molar-refractivity contribution in [2.45, 2.75) is 6.61 Å². The lowest BCUT2D eigenvalue weighted by molar-refractivity contribution is 0.176. The average Bonchev–Trinajstić information content (AvgIpc) is 1.88. The van der Waals surface area contributed by atoms with Crippen LogP contribution < -0.4 is 0 Å². The highest BCUT2D eigenvalue weighted by atomic mass is 79.9. The molecule has 1 nitrogen and oxygen atoms in total. The van der Waals surface area contributed by atoms with E-state index in [9.17, 15) is 5.11 Å². The average molecular weight is 265 g/mol. The third-order valence-corrected chi connectivity index (χ3v) is 2.69. The first-order valence-corrected chi connectivity index (χ1v) is 4.35. The van der Waals surface area contributed by atoms with Crippen LogP contribution >= 0.6 is 31.9 Å². The number of hydrogen-bond donors (Lipinski definition) is 0. The Kier molecular flexibility index (Phi) is 2.89. The normalized spacial score (nSPS) is 9.90. The van der Waals surface area contributed by atoms with Crippen LogP contribution in [0.2, 0.25) is 0 Å². The molecule has 0 aliphatic heterocycles. The second-order valence-electron chi connectivity index (χ2n) is 1.84. The van der Waals surface area contributed by atoms with Gasteiger partial charge in [0.2, 0.25) is 0 Å². The zero-order valence-corrected chi connectivity index (χ0v) is 8.28. The molecule has 1 rings (SSSR count). The van der Waals surface area contributed by atoms with Crippen molar-refractivity contribution in [3.05, 3.63) is 32.7 Å². The van der Waals surface area contributed by atoms with Crippen molar-refractivity contribution in [1.82, 2.24) is 0 Å². The first kappa shape index (κ1) is 8.24. The summed E-state index contributed by atoms with van der Waals surface area (Å²) in [5.41, 5.74) is 0.780. The molecule has 3 heteroatoms. The number of halogens is 2. The zero-order valence-electron chi connectivity index (χ0n) is 5.10. The van der Waals surface area contributed by atoms with Crippen LogP contribution in [0.3, 0.4) is 0 Å². The van der Waals surface area contributed by atoms with E-state index in [0.29, 0.717) is 0 Å². The van der Waals surface area contributed by atoms with Crippen LogP contribution in [0.5, 0.6) is 0 Å². The molecule has 1 aromatic carbocycles. The van der Waals surface area contributed by atoms with E-state index in [1.54, 1.807) is 0 Å². The molecule has 1 aromatic rings. The topological polar surface area (TPSA) is 19.9 Å². The van der Waals surface area contributed by atoms with E-state index in [2.05, 4.69) is 31.9 Å². The van der Waals surface area contributed by atoms with Gasteiger partial charge >= 0.3 is 0 Å². The molecule has 0 aliphatic rings. The summed E-state index contributed by atoms with van der Waals surface area (Å²) >= 11 is 6.55. The SMILES string of the molecule is [O]Cc1c(Br)cccc1Br. The third kappa shape index (κ3) is 1.59. The van der Waals surface area contributed by atoms with Crippen LogP contribution in [0, 0.1) is 0 Å². The van der Waals surface area contributed by atoms with Crippen LogP contribution in [0.15, 0.2) is 27.1 Å². The molecule has 0 fully saturated rings. The Hall–Kier alpha value is 0.140. The number of hydrogen-bond acceptors (Lipinski definition) is 0. The summed E-state index contributed by atoms with van der Waals surface area (Å²) < 4.78 is 1.74. The zero-order chi connectivity index (χ0) is 7.56. The summed E-state index contributed by atoms with van der Waals surface area (Å²) in [6.07, 6.45) is 0. The minimum Gasteiger partial charge on any atom is -0.231 e. The molecule has 0 heterocycles. The van der Waals surface area contributed by atoms with E-state index >= 15 is 0 Å². The van der Waals surface area contributed by atoms with E-state index in [-0.39, 0.29) is 6.61 Å². The van der Waals surface area contributed by atoms with Crippen LogP contribution in [-0.2, 0) is 11.7 Å². The van der Waals surface area contributed by atoms with Gasteiger partial charge in [-0.25, -0.2) is 5.11 Å². The van der Waals surface area contributed by atoms with Crippen LogP contribution in [-0.4, -0.2) is 0 Å². The summed E-state index contributed by atoms with van der Waals surface area (Å²) in [5, 5.41) is 10.5. The Morgan fingerprint density at radius 1 is 1.20 bits per heavy atom. The molecular weight excluding hydrogens is 260 g/mol. The van der Waals surface area contributed by atoms with Crippen molar-refractivity contribution in [3.8, 4) is 0 Å². The maximum absolute atomic E-state index is 10.5. The standard InChI is InChI=1S/C7H5Br2O/c8-6-2-1-3-7(9)5(6)4-10/h1-3H,4H2. The molecule has 10 heavy (non-hydrogen) atoms. The summed E-state index contributed by atoms with van der Waals surface area (Å²) in [7, 11) is 0. The van der Waals surface area contributed by atoms with Crippen molar-refractivity contribution in [1.29, 1.82) is 0 Å². The van der Waals surface area contributed by atoms with Crippen LogP contribution in [0.4, 0.5) is 0 Å². The molecule has 0 N–H and O–H groups in total. The highest BCUT2D eigenvalue weighted by Crippen LogP contribution is 2.24. The van der Waals surface area contributed by atoms with Crippen molar-refractivity contribution < 1.29 is 5.11 Å². The van der Waals surface area contributed by atoms with Gasteiger partial charge in [0.1, 0.15) is 6.61 Å². The van der Waals surface area contributed by atoms with Crippen molar-refractivity contribution >= 4 is 31.9 Å². The quantitative estimate of drug-likeness (QED) is 0.743. The molecule has 0 amide bonds. The van der Waals surface area contributed by atoms with E-state index in [4.69, 9.17) is 0 Å². The maximum atomic E-state index is 10.5. The van der Waals surface area contributed by atoms with Gasteiger partial charge in [0, 0.05) is 14.5 Å². The molecular formula is C7H5Br2O. The molecule has 0 unspecified atom stereocenters. The Labute approximate surface area is 76.3 Å². The van der Waals surface area contributed by atoms with Gasteiger partial charge in [-0.1, -0.05) is 37.9 Å². The molecule has 0 spiro atoms. The van der Waals surface area contributed by atoms with Gasteiger partial charge in [0.25, 0.3) is 0 Å². The maximum Gasteiger partial charge on any atom is 0.109 e. The van der Waals surface area contributed by atoms with Crippen molar-refractivity contribution in [3.63, 3.8) is 0 Å². The summed E-state index contributed by atoms with van der Waals surface area (Å²) in [6.45, 7) is -0.192. The van der Waals surface area contributed by atoms with Crippen LogP contribution in [0.1, 0.15) is 5.56 Å². The molecule has 0 aliphatic carbocycles. The lowest BCUT2D eigenvalue weighted by Gasteiger charge is -2.00. The van der Waals surface area contributed by atoms with Gasteiger partial charge in [-0.15, -0.1) is 0 Å². The molecule has 0 saturated heterocycles. The first-order chi connectivity index (χ1) is 4.75. The number of benzene rings is 1. The van der Waals surface area contributed by atoms with Gasteiger partial charge in [0.05, 0.1) is 0 Å². The fraction of sp³-hybridized carbons (Fsp3) is 0.143. The predicted molar refractivity (Wildman–Crippen MR) is 46.2 cm³/mol. The van der Waals surface area contributed by atoms with Crippen LogP contribution in [0.25, 0.3) is 0 Å². The minimum atomic E-state index is -0.192. The lowest BCUT2D eigenvalue weighted by Crippen LogP contribution is -1.84. The van der Waals surface area contributed by atoms with E-state index in [0.717, 1.165) is 14.5 Å². The van der Waals surface area contributed by atoms with Gasteiger partial charge in [0.15, 0.2) is 0 Å². The van der Waals surface area contributed by atoms with E-state index in [1.165, 1.54) is 0 Å². The first-order valence-electron chi connectivity index (χ1n) is 2.76. The molecule has 1 radical (unpaired) electrons. The van der Waals surface area contributed by atoms with Gasteiger partial charge < -0.3 is 0 Å². The highest BCUT2D eigenvalue weighted by Gasteiger charge is 2.01.